The number of hydrogen-bond donors (Lipinski definition) is 2. The van der Waals surface area contributed by atoms with Crippen LogP contribution in [0.1, 0.15) is 37.7 Å². The van der Waals surface area contributed by atoms with Crippen molar-refractivity contribution in [3.63, 3.8) is 0 Å². The van der Waals surface area contributed by atoms with Gasteiger partial charge in [0.05, 0.1) is 5.02 Å². The molecule has 2 amide bonds. The van der Waals surface area contributed by atoms with Crippen molar-refractivity contribution in [3.05, 3.63) is 27.2 Å². The summed E-state index contributed by atoms with van der Waals surface area (Å²) in [4.78, 5) is 23.7. The molecule has 0 atom stereocenters. The Labute approximate surface area is 149 Å². The number of nitrogens with one attached hydrogen (secondary N) is 2. The van der Waals surface area contributed by atoms with Crippen molar-refractivity contribution in [1.82, 2.24) is 10.9 Å². The quantitative estimate of drug-likeness (QED) is 0.756. The highest BCUT2D eigenvalue weighted by molar-refractivity contribution is 9.10. The number of rotatable bonds is 4. The zero-order valence-electron chi connectivity index (χ0n) is 13.0. The Bertz CT molecular complexity index is 566. The maximum atomic E-state index is 11.9. The Morgan fingerprint density at radius 3 is 2.61 bits per heavy atom. The number of aryl methyl sites for hydroxylation is 1. The summed E-state index contributed by atoms with van der Waals surface area (Å²) in [6.45, 7) is 1.63. The van der Waals surface area contributed by atoms with Crippen LogP contribution < -0.4 is 15.6 Å². The molecule has 0 unspecified atom stereocenters. The fourth-order valence-electron chi connectivity index (χ4n) is 2.64. The fourth-order valence-corrected chi connectivity index (χ4v) is 3.67. The SMILES string of the molecule is Cc1cc(Br)cc(Cl)c1OCC(=O)NNC(=O)C1CCCCC1. The lowest BCUT2D eigenvalue weighted by atomic mass is 9.89. The molecule has 0 spiro atoms. The molecule has 0 aromatic heterocycles. The first-order valence-corrected chi connectivity index (χ1v) is 8.81. The van der Waals surface area contributed by atoms with Crippen LogP contribution in [0.25, 0.3) is 0 Å². The molecule has 1 fully saturated rings. The summed E-state index contributed by atoms with van der Waals surface area (Å²) in [6.07, 6.45) is 5.07. The first-order valence-electron chi connectivity index (χ1n) is 7.64. The number of halogens is 2. The lowest BCUT2D eigenvalue weighted by Crippen LogP contribution is -2.46. The van der Waals surface area contributed by atoms with Crippen LogP contribution >= 0.6 is 27.5 Å². The lowest BCUT2D eigenvalue weighted by Gasteiger charge is -2.20. The molecule has 2 N–H and O–H groups in total. The molecule has 1 aromatic carbocycles. The number of carbonyl (C=O) groups is 2. The molecular formula is C16H20BrClN2O3. The molecule has 7 heteroatoms. The zero-order chi connectivity index (χ0) is 16.8. The maximum Gasteiger partial charge on any atom is 0.276 e. The number of amides is 2. The van der Waals surface area contributed by atoms with Crippen molar-refractivity contribution in [2.45, 2.75) is 39.0 Å². The van der Waals surface area contributed by atoms with E-state index in [2.05, 4.69) is 26.8 Å². The molecule has 0 aliphatic heterocycles. The largest absolute Gasteiger partial charge is 0.482 e. The zero-order valence-corrected chi connectivity index (χ0v) is 15.3. The van der Waals surface area contributed by atoms with Gasteiger partial charge in [-0.25, -0.2) is 0 Å². The molecule has 0 radical (unpaired) electrons. The summed E-state index contributed by atoms with van der Waals surface area (Å²) in [5.41, 5.74) is 5.67. The van der Waals surface area contributed by atoms with Crippen molar-refractivity contribution in [1.29, 1.82) is 0 Å². The van der Waals surface area contributed by atoms with E-state index in [0.717, 1.165) is 35.7 Å². The standard InChI is InChI=1S/C16H20BrClN2O3/c1-10-7-12(17)8-13(18)15(10)23-9-14(21)19-20-16(22)11-5-3-2-4-6-11/h7-8,11H,2-6,9H2,1H3,(H,19,21)(H,20,22). The van der Waals surface area contributed by atoms with Crippen molar-refractivity contribution < 1.29 is 14.3 Å². The third-order valence-electron chi connectivity index (χ3n) is 3.84. The van der Waals surface area contributed by atoms with E-state index >= 15 is 0 Å². The van der Waals surface area contributed by atoms with Gasteiger partial charge in [-0.05, 0) is 37.5 Å². The van der Waals surface area contributed by atoms with Crippen LogP contribution in [0.3, 0.4) is 0 Å². The minimum atomic E-state index is -0.424. The van der Waals surface area contributed by atoms with Gasteiger partial charge in [0.2, 0.25) is 5.91 Å². The van der Waals surface area contributed by atoms with Crippen molar-refractivity contribution in [3.8, 4) is 5.75 Å². The molecule has 2 rings (SSSR count). The second-order valence-electron chi connectivity index (χ2n) is 5.69. The predicted octanol–water partition coefficient (Wildman–Crippen LogP) is 3.52. The first kappa shape index (κ1) is 18.1. The molecule has 23 heavy (non-hydrogen) atoms. The average Bonchev–Trinajstić information content (AvgIpc) is 2.52. The van der Waals surface area contributed by atoms with E-state index in [1.807, 2.05) is 13.0 Å². The van der Waals surface area contributed by atoms with Crippen molar-refractivity contribution in [2.75, 3.05) is 6.61 Å². The van der Waals surface area contributed by atoms with Crippen LogP contribution in [0.4, 0.5) is 0 Å². The van der Waals surface area contributed by atoms with Gasteiger partial charge >= 0.3 is 0 Å². The summed E-state index contributed by atoms with van der Waals surface area (Å²) in [5, 5.41) is 0.427. The van der Waals surface area contributed by atoms with Crippen LogP contribution in [-0.2, 0) is 9.59 Å². The summed E-state index contributed by atoms with van der Waals surface area (Å²) in [7, 11) is 0. The van der Waals surface area contributed by atoms with Gasteiger partial charge < -0.3 is 4.74 Å². The van der Waals surface area contributed by atoms with Crippen LogP contribution in [0, 0.1) is 12.8 Å². The molecule has 5 nitrogen and oxygen atoms in total. The Morgan fingerprint density at radius 2 is 1.96 bits per heavy atom. The normalized spacial score (nSPS) is 15.1. The molecule has 1 saturated carbocycles. The van der Waals surface area contributed by atoms with E-state index in [-0.39, 0.29) is 18.4 Å². The van der Waals surface area contributed by atoms with E-state index in [4.69, 9.17) is 16.3 Å². The average molecular weight is 404 g/mol. The maximum absolute atomic E-state index is 11.9. The van der Waals surface area contributed by atoms with Gasteiger partial charge in [-0.1, -0.05) is 46.8 Å². The summed E-state index contributed by atoms with van der Waals surface area (Å²) in [5.74, 6) is -0.0970. The minimum Gasteiger partial charge on any atom is -0.482 e. The molecule has 0 bridgehead atoms. The Morgan fingerprint density at radius 1 is 1.26 bits per heavy atom. The molecule has 126 valence electrons. The van der Waals surface area contributed by atoms with Crippen molar-refractivity contribution in [2.24, 2.45) is 5.92 Å². The third-order valence-corrected chi connectivity index (χ3v) is 4.58. The Hall–Kier alpha value is -1.27. The van der Waals surface area contributed by atoms with Crippen LogP contribution in [-0.4, -0.2) is 18.4 Å². The van der Waals surface area contributed by atoms with Gasteiger partial charge in [-0.3, -0.25) is 20.4 Å². The van der Waals surface area contributed by atoms with E-state index in [1.54, 1.807) is 6.07 Å². The fraction of sp³-hybridized carbons (Fsp3) is 0.500. The topological polar surface area (TPSA) is 67.4 Å². The summed E-state index contributed by atoms with van der Waals surface area (Å²) in [6, 6.07) is 3.55. The van der Waals surface area contributed by atoms with Gasteiger partial charge in [-0.15, -0.1) is 0 Å². The third kappa shape index (κ3) is 5.39. The highest BCUT2D eigenvalue weighted by Gasteiger charge is 2.21. The predicted molar refractivity (Wildman–Crippen MR) is 92.2 cm³/mol. The van der Waals surface area contributed by atoms with Gasteiger partial charge in [0.25, 0.3) is 5.91 Å². The number of carbonyl (C=O) groups excluding carboxylic acids is 2. The van der Waals surface area contributed by atoms with E-state index in [0.29, 0.717) is 10.8 Å². The Balaban J connectivity index is 1.78. The van der Waals surface area contributed by atoms with Crippen LogP contribution in [0.5, 0.6) is 5.75 Å². The summed E-state index contributed by atoms with van der Waals surface area (Å²) < 4.78 is 6.29. The van der Waals surface area contributed by atoms with Crippen LogP contribution in [0.15, 0.2) is 16.6 Å². The van der Waals surface area contributed by atoms with Crippen molar-refractivity contribution >= 4 is 39.3 Å². The smallest absolute Gasteiger partial charge is 0.276 e. The van der Waals surface area contributed by atoms with Gasteiger partial charge in [0.1, 0.15) is 5.75 Å². The van der Waals surface area contributed by atoms with E-state index in [9.17, 15) is 9.59 Å². The molecule has 1 aromatic rings. The van der Waals surface area contributed by atoms with Gasteiger partial charge in [0.15, 0.2) is 6.61 Å². The molecular weight excluding hydrogens is 384 g/mol. The van der Waals surface area contributed by atoms with Gasteiger partial charge in [0, 0.05) is 10.4 Å². The van der Waals surface area contributed by atoms with Gasteiger partial charge in [-0.2, -0.15) is 0 Å². The van der Waals surface area contributed by atoms with E-state index in [1.165, 1.54) is 6.42 Å². The minimum absolute atomic E-state index is 0.00636. The second kappa shape index (κ2) is 8.55. The molecule has 1 aliphatic carbocycles. The molecule has 1 aliphatic rings. The number of hydrazine groups is 1. The first-order chi connectivity index (χ1) is 11.0. The molecule has 0 saturated heterocycles. The highest BCUT2D eigenvalue weighted by atomic mass is 79.9. The monoisotopic (exact) mass is 402 g/mol. The number of benzene rings is 1. The highest BCUT2D eigenvalue weighted by Crippen LogP contribution is 2.31. The van der Waals surface area contributed by atoms with Crippen LogP contribution in [0.2, 0.25) is 5.02 Å². The second-order valence-corrected chi connectivity index (χ2v) is 7.02. The lowest BCUT2D eigenvalue weighted by molar-refractivity contribution is -0.132. The Kier molecular flexibility index (Phi) is 6.72. The number of ether oxygens (including phenoxy) is 1. The number of hydrogen-bond acceptors (Lipinski definition) is 3. The van der Waals surface area contributed by atoms with E-state index < -0.39 is 5.91 Å². The summed E-state index contributed by atoms with van der Waals surface area (Å²) >= 11 is 9.43. The molecule has 0 heterocycles.